The number of fused-ring (bicyclic) bond motifs is 1. The van der Waals surface area contributed by atoms with Crippen molar-refractivity contribution in [1.29, 1.82) is 0 Å². The third-order valence-electron chi connectivity index (χ3n) is 4.82. The van der Waals surface area contributed by atoms with Gasteiger partial charge in [-0.25, -0.2) is 13.4 Å². The quantitative estimate of drug-likeness (QED) is 0.572. The van der Waals surface area contributed by atoms with E-state index in [2.05, 4.69) is 20.9 Å². The van der Waals surface area contributed by atoms with Crippen molar-refractivity contribution in [2.45, 2.75) is 4.90 Å². The summed E-state index contributed by atoms with van der Waals surface area (Å²) in [5.74, 6) is -0.446. The van der Waals surface area contributed by atoms with Crippen molar-refractivity contribution in [3.05, 3.63) is 75.2 Å². The Morgan fingerprint density at radius 2 is 1.69 bits per heavy atom. The van der Waals surface area contributed by atoms with Crippen molar-refractivity contribution in [3.8, 4) is 0 Å². The fourth-order valence-electron chi connectivity index (χ4n) is 3.27. The number of halogens is 1. The molecular formula is C19H17BrN4O4S. The zero-order valence-electron chi connectivity index (χ0n) is 15.2. The first-order chi connectivity index (χ1) is 13.9. The maximum atomic E-state index is 12.9. The Balaban J connectivity index is 1.53. The van der Waals surface area contributed by atoms with Gasteiger partial charge in [0, 0.05) is 43.0 Å². The summed E-state index contributed by atoms with van der Waals surface area (Å²) in [5, 5.41) is 0. The Hall–Kier alpha value is -2.56. The van der Waals surface area contributed by atoms with Crippen LogP contribution in [0.2, 0.25) is 0 Å². The van der Waals surface area contributed by atoms with Crippen LogP contribution in [0, 0.1) is 0 Å². The molecule has 1 aromatic carbocycles. The van der Waals surface area contributed by atoms with Crippen molar-refractivity contribution >= 4 is 37.5 Å². The first-order valence-corrected chi connectivity index (χ1v) is 11.1. The smallest absolute Gasteiger partial charge is 0.270 e. The summed E-state index contributed by atoms with van der Waals surface area (Å²) >= 11 is 3.28. The molecule has 1 amide bonds. The highest BCUT2D eigenvalue weighted by Gasteiger charge is 2.32. The van der Waals surface area contributed by atoms with Crippen molar-refractivity contribution in [2.24, 2.45) is 0 Å². The van der Waals surface area contributed by atoms with Crippen LogP contribution >= 0.6 is 15.9 Å². The molecule has 0 radical (unpaired) electrons. The van der Waals surface area contributed by atoms with Crippen LogP contribution in [-0.2, 0) is 10.0 Å². The van der Waals surface area contributed by atoms with Crippen molar-refractivity contribution in [3.63, 3.8) is 0 Å². The molecule has 1 aliphatic heterocycles. The summed E-state index contributed by atoms with van der Waals surface area (Å²) in [6.45, 7) is 0.689. The minimum Gasteiger partial charge on any atom is -0.336 e. The summed E-state index contributed by atoms with van der Waals surface area (Å²) in [5.41, 5.74) is -0.0157. The Morgan fingerprint density at radius 3 is 2.41 bits per heavy atom. The fraction of sp³-hybridized carbons (Fsp3) is 0.211. The van der Waals surface area contributed by atoms with E-state index in [0.29, 0.717) is 10.1 Å². The molecule has 0 saturated carbocycles. The number of nitrogens with zero attached hydrogens (tertiary/aromatic N) is 4. The number of hydrogen-bond donors (Lipinski definition) is 0. The Bertz CT molecular complexity index is 1250. The van der Waals surface area contributed by atoms with E-state index in [4.69, 9.17) is 0 Å². The minimum atomic E-state index is -3.67. The summed E-state index contributed by atoms with van der Waals surface area (Å²) in [6.07, 6.45) is 2.84. The van der Waals surface area contributed by atoms with Gasteiger partial charge in [0.25, 0.3) is 11.5 Å². The Kier molecular flexibility index (Phi) is 5.24. The highest BCUT2D eigenvalue weighted by atomic mass is 79.9. The number of rotatable bonds is 3. The molecular weight excluding hydrogens is 460 g/mol. The monoisotopic (exact) mass is 476 g/mol. The number of benzene rings is 1. The van der Waals surface area contributed by atoms with E-state index in [1.165, 1.54) is 19.8 Å². The number of carbonyl (C=O) groups is 1. The van der Waals surface area contributed by atoms with E-state index >= 15 is 0 Å². The SMILES string of the molecule is O=C(c1cnc2ccccn2c1=O)N1CCN(S(=O)(=O)c2ccccc2Br)CC1. The van der Waals surface area contributed by atoms with Gasteiger partial charge in [-0.3, -0.25) is 14.0 Å². The van der Waals surface area contributed by atoms with Gasteiger partial charge in [-0.1, -0.05) is 18.2 Å². The van der Waals surface area contributed by atoms with Gasteiger partial charge in [0.1, 0.15) is 11.2 Å². The lowest BCUT2D eigenvalue weighted by molar-refractivity contribution is 0.0695. The largest absolute Gasteiger partial charge is 0.336 e. The van der Waals surface area contributed by atoms with Crippen molar-refractivity contribution < 1.29 is 13.2 Å². The molecule has 0 bridgehead atoms. The van der Waals surface area contributed by atoms with E-state index in [1.54, 1.807) is 48.7 Å². The molecule has 0 unspecified atom stereocenters. The third-order valence-corrected chi connectivity index (χ3v) is 7.73. The van der Waals surface area contributed by atoms with Crippen LogP contribution in [-0.4, -0.2) is 59.1 Å². The first kappa shape index (κ1) is 19.7. The molecule has 1 fully saturated rings. The van der Waals surface area contributed by atoms with Crippen LogP contribution in [0.15, 0.2) is 69.0 Å². The van der Waals surface area contributed by atoms with Crippen molar-refractivity contribution in [2.75, 3.05) is 26.2 Å². The average molecular weight is 477 g/mol. The number of carbonyl (C=O) groups excluding carboxylic acids is 1. The number of pyridine rings is 1. The summed E-state index contributed by atoms with van der Waals surface area (Å²) in [7, 11) is -3.67. The molecule has 0 spiro atoms. The zero-order chi connectivity index (χ0) is 20.6. The Morgan fingerprint density at radius 1 is 1.00 bits per heavy atom. The topological polar surface area (TPSA) is 92.1 Å². The lowest BCUT2D eigenvalue weighted by atomic mass is 10.2. The maximum absolute atomic E-state index is 12.9. The molecule has 8 nitrogen and oxygen atoms in total. The van der Waals surface area contributed by atoms with Gasteiger partial charge in [0.15, 0.2) is 0 Å². The Labute approximate surface area is 175 Å². The third kappa shape index (κ3) is 3.59. The number of hydrogen-bond acceptors (Lipinski definition) is 5. The zero-order valence-corrected chi connectivity index (χ0v) is 17.6. The molecule has 4 rings (SSSR count). The number of piperazine rings is 1. The van der Waals surface area contributed by atoms with Crippen LogP contribution in [0.25, 0.3) is 5.65 Å². The van der Waals surface area contributed by atoms with Crippen LogP contribution in [0.1, 0.15) is 10.4 Å². The van der Waals surface area contributed by atoms with Crippen LogP contribution in [0.4, 0.5) is 0 Å². The summed E-state index contributed by atoms with van der Waals surface area (Å²) in [4.78, 5) is 31.3. The fourth-order valence-corrected chi connectivity index (χ4v) is 5.65. The van der Waals surface area contributed by atoms with Crippen molar-refractivity contribution in [1.82, 2.24) is 18.6 Å². The number of amides is 1. The molecule has 1 aliphatic rings. The molecule has 1 saturated heterocycles. The lowest BCUT2D eigenvalue weighted by Gasteiger charge is -2.34. The molecule has 0 aliphatic carbocycles. The maximum Gasteiger partial charge on any atom is 0.270 e. The highest BCUT2D eigenvalue weighted by molar-refractivity contribution is 9.10. The van der Waals surface area contributed by atoms with Gasteiger partial charge >= 0.3 is 0 Å². The predicted molar refractivity (Wildman–Crippen MR) is 110 cm³/mol. The van der Waals surface area contributed by atoms with Gasteiger partial charge in [0.2, 0.25) is 10.0 Å². The second-order valence-corrected chi connectivity index (χ2v) is 9.29. The standard InChI is InChI=1S/C19H17BrN4O4S/c20-15-5-1-2-6-16(15)29(27,28)23-11-9-22(10-12-23)18(25)14-13-21-17-7-3-4-8-24(17)19(14)26/h1-8,13H,9-12H2. The summed E-state index contributed by atoms with van der Waals surface area (Å²) in [6, 6.07) is 11.8. The van der Waals surface area contributed by atoms with Gasteiger partial charge in [0.05, 0.1) is 4.90 Å². The molecule has 3 aromatic rings. The first-order valence-electron chi connectivity index (χ1n) is 8.90. The van der Waals surface area contributed by atoms with Gasteiger partial charge < -0.3 is 4.90 Å². The average Bonchev–Trinajstić information content (AvgIpc) is 2.74. The molecule has 3 heterocycles. The highest BCUT2D eigenvalue weighted by Crippen LogP contribution is 2.25. The molecule has 29 heavy (non-hydrogen) atoms. The van der Waals surface area contributed by atoms with Crippen LogP contribution in [0.5, 0.6) is 0 Å². The molecule has 0 atom stereocenters. The summed E-state index contributed by atoms with van der Waals surface area (Å²) < 4.78 is 28.9. The molecule has 2 aromatic heterocycles. The molecule has 10 heteroatoms. The van der Waals surface area contributed by atoms with E-state index < -0.39 is 21.5 Å². The number of sulfonamides is 1. The van der Waals surface area contributed by atoms with Crippen LogP contribution < -0.4 is 5.56 Å². The van der Waals surface area contributed by atoms with E-state index in [1.807, 2.05) is 0 Å². The van der Waals surface area contributed by atoms with Gasteiger partial charge in [-0.05, 0) is 40.2 Å². The second kappa shape index (κ2) is 7.69. The minimum absolute atomic E-state index is 0.0317. The van der Waals surface area contributed by atoms with Gasteiger partial charge in [-0.2, -0.15) is 4.31 Å². The molecule has 0 N–H and O–H groups in total. The predicted octanol–water partition coefficient (Wildman–Crippen LogP) is 1.60. The number of aromatic nitrogens is 2. The van der Waals surface area contributed by atoms with E-state index in [9.17, 15) is 18.0 Å². The lowest BCUT2D eigenvalue weighted by Crippen LogP contribution is -2.51. The van der Waals surface area contributed by atoms with E-state index in [0.717, 1.165) is 0 Å². The van der Waals surface area contributed by atoms with Crippen LogP contribution in [0.3, 0.4) is 0 Å². The van der Waals surface area contributed by atoms with Gasteiger partial charge in [-0.15, -0.1) is 0 Å². The second-order valence-electron chi connectivity index (χ2n) is 6.53. The normalized spacial score (nSPS) is 15.6. The molecule has 150 valence electrons. The van der Waals surface area contributed by atoms with E-state index in [-0.39, 0.29) is 36.6 Å².